The Morgan fingerprint density at radius 2 is 1.82 bits per heavy atom. The van der Waals surface area contributed by atoms with Crippen molar-refractivity contribution in [1.29, 1.82) is 0 Å². The lowest BCUT2D eigenvalue weighted by Gasteiger charge is -2.21. The van der Waals surface area contributed by atoms with E-state index in [2.05, 4.69) is 36.5 Å². The Hall–Kier alpha value is -1.72. The monoisotopic (exact) mass is 309 g/mol. The highest BCUT2D eigenvalue weighted by Gasteiger charge is 2.30. The summed E-state index contributed by atoms with van der Waals surface area (Å²) in [5.41, 5.74) is 7.18. The fourth-order valence-electron chi connectivity index (χ4n) is 2.07. The van der Waals surface area contributed by atoms with Gasteiger partial charge in [0, 0.05) is 11.5 Å². The zero-order valence-electron chi connectivity index (χ0n) is 15.2. The number of anilines is 2. The summed E-state index contributed by atoms with van der Waals surface area (Å²) in [7, 11) is 0. The summed E-state index contributed by atoms with van der Waals surface area (Å²) in [5.74, 6) is 0.483. The molecule has 2 amide bonds. The number of nitrogen functional groups attached to an aromatic ring is 1. The standard InChI is InChI=1S/C16H31N5O/c1-9-10(2)18-14(22)19-11-12(15(3,4)5)20-21(13(11)17)16(6,7)8/h10H,9,17H2,1-8H3,(H2,18,19,22). The molecule has 0 aliphatic heterocycles. The Morgan fingerprint density at radius 3 is 2.23 bits per heavy atom. The van der Waals surface area contributed by atoms with Gasteiger partial charge in [-0.3, -0.25) is 0 Å². The maximum absolute atomic E-state index is 12.2. The van der Waals surface area contributed by atoms with Gasteiger partial charge in [-0.1, -0.05) is 27.7 Å². The first-order valence-corrected chi connectivity index (χ1v) is 7.85. The Balaban J connectivity index is 3.22. The fraction of sp³-hybridized carbons (Fsp3) is 0.750. The molecule has 1 aromatic heterocycles. The van der Waals surface area contributed by atoms with Gasteiger partial charge in [-0.05, 0) is 34.1 Å². The fourth-order valence-corrected chi connectivity index (χ4v) is 2.07. The molecule has 0 fully saturated rings. The van der Waals surface area contributed by atoms with Gasteiger partial charge in [0.15, 0.2) is 0 Å². The van der Waals surface area contributed by atoms with E-state index in [1.165, 1.54) is 0 Å². The van der Waals surface area contributed by atoms with Gasteiger partial charge in [0.1, 0.15) is 11.5 Å². The first-order valence-electron chi connectivity index (χ1n) is 7.85. The number of hydrogen-bond acceptors (Lipinski definition) is 3. The third-order valence-corrected chi connectivity index (χ3v) is 3.50. The van der Waals surface area contributed by atoms with Crippen LogP contribution < -0.4 is 16.4 Å². The summed E-state index contributed by atoms with van der Waals surface area (Å²) in [5, 5.41) is 10.4. The van der Waals surface area contributed by atoms with Crippen molar-refractivity contribution in [3.05, 3.63) is 5.69 Å². The van der Waals surface area contributed by atoms with Gasteiger partial charge < -0.3 is 16.4 Å². The van der Waals surface area contributed by atoms with Crippen LogP contribution in [0.25, 0.3) is 0 Å². The van der Waals surface area contributed by atoms with E-state index in [1.807, 2.05) is 34.6 Å². The van der Waals surface area contributed by atoms with Crippen LogP contribution in [0.15, 0.2) is 0 Å². The second kappa shape index (κ2) is 6.18. The molecule has 4 N–H and O–H groups in total. The summed E-state index contributed by atoms with van der Waals surface area (Å²) < 4.78 is 1.77. The average Bonchev–Trinajstić information content (AvgIpc) is 2.66. The largest absolute Gasteiger partial charge is 0.382 e. The maximum Gasteiger partial charge on any atom is 0.319 e. The predicted octanol–water partition coefficient (Wildman–Crippen LogP) is 3.44. The van der Waals surface area contributed by atoms with Gasteiger partial charge in [0.05, 0.1) is 11.2 Å². The van der Waals surface area contributed by atoms with Crippen molar-refractivity contribution in [2.75, 3.05) is 11.1 Å². The first-order chi connectivity index (χ1) is 9.87. The Kier molecular flexibility index (Phi) is 5.15. The molecule has 0 saturated carbocycles. The number of carbonyl (C=O) groups excluding carboxylic acids is 1. The highest BCUT2D eigenvalue weighted by Crippen LogP contribution is 2.35. The van der Waals surface area contributed by atoms with Crippen molar-refractivity contribution in [3.63, 3.8) is 0 Å². The molecule has 1 aromatic rings. The number of urea groups is 1. The second-order valence-electron chi connectivity index (χ2n) is 7.85. The lowest BCUT2D eigenvalue weighted by Crippen LogP contribution is -2.36. The van der Waals surface area contributed by atoms with Crippen molar-refractivity contribution in [3.8, 4) is 0 Å². The minimum absolute atomic E-state index is 0.108. The molecule has 22 heavy (non-hydrogen) atoms. The number of carbonyl (C=O) groups is 1. The Labute approximate surface area is 133 Å². The molecule has 1 rings (SSSR count). The van der Waals surface area contributed by atoms with Crippen molar-refractivity contribution >= 4 is 17.5 Å². The molecule has 6 nitrogen and oxygen atoms in total. The van der Waals surface area contributed by atoms with Gasteiger partial charge in [-0.2, -0.15) is 5.10 Å². The summed E-state index contributed by atoms with van der Waals surface area (Å²) in [6.07, 6.45) is 0.871. The van der Waals surface area contributed by atoms with E-state index in [0.717, 1.165) is 12.1 Å². The number of amides is 2. The maximum atomic E-state index is 12.2. The van der Waals surface area contributed by atoms with E-state index in [4.69, 9.17) is 5.73 Å². The number of hydrogen-bond donors (Lipinski definition) is 3. The van der Waals surface area contributed by atoms with Crippen molar-refractivity contribution in [2.45, 2.75) is 78.8 Å². The average molecular weight is 309 g/mol. The molecule has 6 heteroatoms. The summed E-state index contributed by atoms with van der Waals surface area (Å²) >= 11 is 0. The number of aromatic nitrogens is 2. The van der Waals surface area contributed by atoms with Crippen molar-refractivity contribution in [1.82, 2.24) is 15.1 Å². The van der Waals surface area contributed by atoms with Crippen molar-refractivity contribution < 1.29 is 4.79 Å². The normalized spacial score (nSPS) is 13.8. The van der Waals surface area contributed by atoms with Crippen LogP contribution >= 0.6 is 0 Å². The quantitative estimate of drug-likeness (QED) is 0.799. The molecule has 1 heterocycles. The third kappa shape index (κ3) is 4.15. The zero-order chi connectivity index (χ0) is 17.3. The molecular formula is C16H31N5O. The van der Waals surface area contributed by atoms with E-state index in [9.17, 15) is 4.79 Å². The van der Waals surface area contributed by atoms with Gasteiger partial charge in [0.25, 0.3) is 0 Å². The molecule has 0 radical (unpaired) electrons. The van der Waals surface area contributed by atoms with Crippen LogP contribution in [0.2, 0.25) is 0 Å². The van der Waals surface area contributed by atoms with Crippen LogP contribution in [-0.4, -0.2) is 21.9 Å². The molecule has 0 aromatic carbocycles. The molecular weight excluding hydrogens is 278 g/mol. The number of nitrogens with two attached hydrogens (primary N) is 1. The molecule has 0 spiro atoms. The molecule has 0 bridgehead atoms. The lowest BCUT2D eigenvalue weighted by molar-refractivity contribution is 0.249. The van der Waals surface area contributed by atoms with Crippen LogP contribution in [0.4, 0.5) is 16.3 Å². The number of rotatable bonds is 3. The second-order valence-corrected chi connectivity index (χ2v) is 7.85. The minimum Gasteiger partial charge on any atom is -0.382 e. The lowest BCUT2D eigenvalue weighted by atomic mass is 9.91. The SMILES string of the molecule is CCC(C)NC(=O)Nc1c(C(C)(C)C)nn(C(C)(C)C)c1N. The van der Waals surface area contributed by atoms with Gasteiger partial charge >= 0.3 is 6.03 Å². The predicted molar refractivity (Wildman–Crippen MR) is 92.2 cm³/mol. The van der Waals surface area contributed by atoms with E-state index >= 15 is 0 Å². The summed E-state index contributed by atoms with van der Waals surface area (Å²) in [6.45, 7) is 16.3. The first kappa shape index (κ1) is 18.3. The molecule has 0 saturated heterocycles. The van der Waals surface area contributed by atoms with Gasteiger partial charge in [-0.15, -0.1) is 0 Å². The molecule has 1 unspecified atom stereocenters. The van der Waals surface area contributed by atoms with Crippen LogP contribution in [0.5, 0.6) is 0 Å². The highest BCUT2D eigenvalue weighted by atomic mass is 16.2. The van der Waals surface area contributed by atoms with E-state index in [-0.39, 0.29) is 23.0 Å². The Morgan fingerprint density at radius 1 is 1.27 bits per heavy atom. The minimum atomic E-state index is -0.253. The van der Waals surface area contributed by atoms with Crippen LogP contribution in [0.3, 0.4) is 0 Å². The van der Waals surface area contributed by atoms with Crippen molar-refractivity contribution in [2.24, 2.45) is 0 Å². The molecule has 1 atom stereocenters. The third-order valence-electron chi connectivity index (χ3n) is 3.50. The molecule has 0 aliphatic carbocycles. The van der Waals surface area contributed by atoms with Crippen LogP contribution in [0.1, 0.15) is 67.5 Å². The van der Waals surface area contributed by atoms with E-state index < -0.39 is 0 Å². The zero-order valence-corrected chi connectivity index (χ0v) is 15.2. The van der Waals surface area contributed by atoms with Gasteiger partial charge in [0.2, 0.25) is 0 Å². The smallest absolute Gasteiger partial charge is 0.319 e. The van der Waals surface area contributed by atoms with Gasteiger partial charge in [-0.25, -0.2) is 9.48 Å². The molecule has 0 aliphatic rings. The van der Waals surface area contributed by atoms with Crippen LogP contribution in [-0.2, 0) is 11.0 Å². The summed E-state index contributed by atoms with van der Waals surface area (Å²) in [4.78, 5) is 12.2. The number of nitrogens with zero attached hydrogens (tertiary/aromatic N) is 2. The van der Waals surface area contributed by atoms with E-state index in [0.29, 0.717) is 11.5 Å². The topological polar surface area (TPSA) is 85.0 Å². The summed E-state index contributed by atoms with van der Waals surface area (Å²) in [6, 6.07) is -0.142. The van der Waals surface area contributed by atoms with E-state index in [1.54, 1.807) is 4.68 Å². The highest BCUT2D eigenvalue weighted by molar-refractivity contribution is 5.93. The molecule has 126 valence electrons. The number of nitrogens with one attached hydrogen (secondary N) is 2. The Bertz CT molecular complexity index is 534. The van der Waals surface area contributed by atoms with Crippen LogP contribution in [0, 0.1) is 0 Å².